The Morgan fingerprint density at radius 1 is 1.24 bits per heavy atom. The Bertz CT molecular complexity index is 432. The zero-order chi connectivity index (χ0) is 15.1. The van der Waals surface area contributed by atoms with Gasteiger partial charge in [-0.3, -0.25) is 9.69 Å². The molecule has 0 bridgehead atoms. The van der Waals surface area contributed by atoms with Gasteiger partial charge in [0.05, 0.1) is 6.61 Å². The van der Waals surface area contributed by atoms with E-state index >= 15 is 0 Å². The average Bonchev–Trinajstić information content (AvgIpc) is 2.50. The Morgan fingerprint density at radius 3 is 2.67 bits per heavy atom. The van der Waals surface area contributed by atoms with E-state index in [0.717, 1.165) is 32.5 Å². The summed E-state index contributed by atoms with van der Waals surface area (Å²) >= 11 is 0. The molecule has 0 radical (unpaired) electrons. The van der Waals surface area contributed by atoms with E-state index < -0.39 is 0 Å². The maximum atomic E-state index is 11.7. The highest BCUT2D eigenvalue weighted by atomic mass is 16.5. The Kier molecular flexibility index (Phi) is 6.24. The van der Waals surface area contributed by atoms with Crippen molar-refractivity contribution in [1.29, 1.82) is 0 Å². The zero-order valence-electron chi connectivity index (χ0n) is 13.3. The molecule has 0 aliphatic carbocycles. The van der Waals surface area contributed by atoms with E-state index in [1.165, 1.54) is 5.56 Å². The van der Waals surface area contributed by atoms with E-state index in [1.807, 2.05) is 6.92 Å². The second-order valence-electron chi connectivity index (χ2n) is 5.95. The van der Waals surface area contributed by atoms with Crippen LogP contribution in [0.5, 0.6) is 0 Å². The number of piperidine rings is 1. The molecular weight excluding hydrogens is 262 g/mol. The van der Waals surface area contributed by atoms with Crippen molar-refractivity contribution in [3.8, 4) is 0 Å². The lowest BCUT2D eigenvalue weighted by Crippen LogP contribution is -2.40. The standard InChI is InChI=1S/C18H27NO2/c1-3-16-14-19(13-15-8-6-5-7-9-15)11-10-17(16)12-18(20)21-4-2/h5-9,16-17H,3-4,10-14H2,1-2H3. The van der Waals surface area contributed by atoms with Gasteiger partial charge in [-0.15, -0.1) is 0 Å². The van der Waals surface area contributed by atoms with E-state index in [4.69, 9.17) is 4.74 Å². The minimum atomic E-state index is -0.0301. The Labute approximate surface area is 128 Å². The van der Waals surface area contributed by atoms with Crippen molar-refractivity contribution in [3.05, 3.63) is 35.9 Å². The second kappa shape index (κ2) is 8.18. The van der Waals surface area contributed by atoms with Gasteiger partial charge in [0.2, 0.25) is 0 Å². The fourth-order valence-electron chi connectivity index (χ4n) is 3.31. The summed E-state index contributed by atoms with van der Waals surface area (Å²) in [5.41, 5.74) is 1.37. The van der Waals surface area contributed by atoms with Crippen molar-refractivity contribution in [3.63, 3.8) is 0 Å². The molecule has 1 aliphatic rings. The molecule has 2 unspecified atom stereocenters. The number of carbonyl (C=O) groups excluding carboxylic acids is 1. The number of likely N-dealkylation sites (tertiary alicyclic amines) is 1. The number of hydrogen-bond donors (Lipinski definition) is 0. The van der Waals surface area contributed by atoms with Crippen molar-refractivity contribution in [2.24, 2.45) is 11.8 Å². The number of hydrogen-bond acceptors (Lipinski definition) is 3. The predicted molar refractivity (Wildman–Crippen MR) is 84.9 cm³/mol. The number of nitrogens with zero attached hydrogens (tertiary/aromatic N) is 1. The molecule has 3 heteroatoms. The molecule has 1 fully saturated rings. The van der Waals surface area contributed by atoms with E-state index in [-0.39, 0.29) is 5.97 Å². The maximum Gasteiger partial charge on any atom is 0.306 e. The highest BCUT2D eigenvalue weighted by molar-refractivity contribution is 5.69. The minimum absolute atomic E-state index is 0.0301. The fourth-order valence-corrected chi connectivity index (χ4v) is 3.31. The summed E-state index contributed by atoms with van der Waals surface area (Å²) in [6.07, 6.45) is 2.82. The maximum absolute atomic E-state index is 11.7. The molecule has 0 saturated carbocycles. The van der Waals surface area contributed by atoms with Crippen LogP contribution in [-0.2, 0) is 16.1 Å². The number of rotatable bonds is 6. The first kappa shape index (κ1) is 16.0. The van der Waals surface area contributed by atoms with Crippen LogP contribution in [-0.4, -0.2) is 30.6 Å². The molecule has 0 amide bonds. The van der Waals surface area contributed by atoms with E-state index in [9.17, 15) is 4.79 Å². The van der Waals surface area contributed by atoms with Gasteiger partial charge in [0.1, 0.15) is 0 Å². The predicted octanol–water partition coefficient (Wildman–Crippen LogP) is 3.49. The van der Waals surface area contributed by atoms with Crippen LogP contribution in [0, 0.1) is 11.8 Å². The average molecular weight is 289 g/mol. The van der Waals surface area contributed by atoms with Crippen LogP contribution >= 0.6 is 0 Å². The summed E-state index contributed by atoms with van der Waals surface area (Å²) in [7, 11) is 0. The van der Waals surface area contributed by atoms with Crippen LogP contribution < -0.4 is 0 Å². The zero-order valence-corrected chi connectivity index (χ0v) is 13.3. The molecule has 1 heterocycles. The van der Waals surface area contributed by atoms with Crippen LogP contribution in [0.3, 0.4) is 0 Å². The monoisotopic (exact) mass is 289 g/mol. The SMILES string of the molecule is CCOC(=O)CC1CCN(Cc2ccccc2)CC1CC. The van der Waals surface area contributed by atoms with Crippen LogP contribution in [0.15, 0.2) is 30.3 Å². The van der Waals surface area contributed by atoms with Gasteiger partial charge in [0.15, 0.2) is 0 Å². The molecule has 0 aromatic heterocycles. The van der Waals surface area contributed by atoms with E-state index in [0.29, 0.717) is 24.9 Å². The van der Waals surface area contributed by atoms with Crippen LogP contribution in [0.2, 0.25) is 0 Å². The van der Waals surface area contributed by atoms with Gasteiger partial charge >= 0.3 is 5.97 Å². The van der Waals surface area contributed by atoms with E-state index in [1.54, 1.807) is 0 Å². The van der Waals surface area contributed by atoms with Crippen molar-refractivity contribution < 1.29 is 9.53 Å². The lowest BCUT2D eigenvalue weighted by atomic mass is 9.81. The fraction of sp³-hybridized carbons (Fsp3) is 0.611. The number of benzene rings is 1. The Morgan fingerprint density at radius 2 is 2.00 bits per heavy atom. The van der Waals surface area contributed by atoms with Crippen molar-refractivity contribution in [1.82, 2.24) is 4.90 Å². The molecule has 2 atom stereocenters. The van der Waals surface area contributed by atoms with Gasteiger partial charge in [-0.1, -0.05) is 43.7 Å². The molecule has 0 N–H and O–H groups in total. The molecule has 1 aromatic rings. The van der Waals surface area contributed by atoms with Gasteiger partial charge < -0.3 is 4.74 Å². The van der Waals surface area contributed by atoms with E-state index in [2.05, 4.69) is 42.2 Å². The third kappa shape index (κ3) is 4.85. The van der Waals surface area contributed by atoms with Crippen LogP contribution in [0.25, 0.3) is 0 Å². The van der Waals surface area contributed by atoms with Gasteiger partial charge in [0.25, 0.3) is 0 Å². The highest BCUT2D eigenvalue weighted by Crippen LogP contribution is 2.30. The van der Waals surface area contributed by atoms with Crippen molar-refractivity contribution >= 4 is 5.97 Å². The van der Waals surface area contributed by atoms with Crippen LogP contribution in [0.4, 0.5) is 0 Å². The smallest absolute Gasteiger partial charge is 0.306 e. The molecule has 3 nitrogen and oxygen atoms in total. The summed E-state index contributed by atoms with van der Waals surface area (Å²) in [5.74, 6) is 1.06. The summed E-state index contributed by atoms with van der Waals surface area (Å²) in [6, 6.07) is 10.6. The summed E-state index contributed by atoms with van der Waals surface area (Å²) in [4.78, 5) is 14.2. The quantitative estimate of drug-likeness (QED) is 0.751. The first-order valence-corrected chi connectivity index (χ1v) is 8.14. The normalized spacial score (nSPS) is 23.0. The first-order chi connectivity index (χ1) is 10.2. The van der Waals surface area contributed by atoms with Gasteiger partial charge in [0, 0.05) is 19.5 Å². The number of ether oxygens (including phenoxy) is 1. The molecule has 1 aliphatic heterocycles. The van der Waals surface area contributed by atoms with Gasteiger partial charge in [-0.25, -0.2) is 0 Å². The third-order valence-electron chi connectivity index (χ3n) is 4.48. The third-order valence-corrected chi connectivity index (χ3v) is 4.48. The lowest BCUT2D eigenvalue weighted by Gasteiger charge is -2.38. The topological polar surface area (TPSA) is 29.5 Å². The van der Waals surface area contributed by atoms with Crippen LogP contribution in [0.1, 0.15) is 38.7 Å². The molecule has 0 spiro atoms. The van der Waals surface area contributed by atoms with Crippen molar-refractivity contribution in [2.75, 3.05) is 19.7 Å². The second-order valence-corrected chi connectivity index (χ2v) is 5.95. The Hall–Kier alpha value is -1.35. The highest BCUT2D eigenvalue weighted by Gasteiger charge is 2.29. The summed E-state index contributed by atoms with van der Waals surface area (Å²) in [5, 5.41) is 0. The van der Waals surface area contributed by atoms with Gasteiger partial charge in [-0.05, 0) is 37.3 Å². The summed E-state index contributed by atoms with van der Waals surface area (Å²) in [6.45, 7) is 7.78. The summed E-state index contributed by atoms with van der Waals surface area (Å²) < 4.78 is 5.11. The molecule has 116 valence electrons. The lowest BCUT2D eigenvalue weighted by molar-refractivity contribution is -0.145. The molecular formula is C18H27NO2. The molecule has 2 rings (SSSR count). The molecule has 1 saturated heterocycles. The largest absolute Gasteiger partial charge is 0.466 e. The van der Waals surface area contributed by atoms with Gasteiger partial charge in [-0.2, -0.15) is 0 Å². The minimum Gasteiger partial charge on any atom is -0.466 e. The number of carbonyl (C=O) groups is 1. The molecule has 21 heavy (non-hydrogen) atoms. The Balaban J connectivity index is 1.87. The first-order valence-electron chi connectivity index (χ1n) is 8.14. The van der Waals surface area contributed by atoms with Crippen molar-refractivity contribution in [2.45, 2.75) is 39.7 Å². The molecule has 1 aromatic carbocycles. The number of esters is 1.